The van der Waals surface area contributed by atoms with E-state index in [1.165, 1.54) is 0 Å². The van der Waals surface area contributed by atoms with E-state index in [1.807, 2.05) is 6.92 Å². The monoisotopic (exact) mass is 203 g/mol. The van der Waals surface area contributed by atoms with Gasteiger partial charge in [-0.15, -0.1) is 0 Å². The van der Waals surface area contributed by atoms with Gasteiger partial charge in [-0.05, 0) is 6.42 Å². The fraction of sp³-hybridized carbons (Fsp3) is 0.500. The van der Waals surface area contributed by atoms with Crippen LogP contribution in [0.2, 0.25) is 0 Å². The van der Waals surface area contributed by atoms with E-state index in [-0.39, 0.29) is 0 Å². The molecule has 4 heteroatoms. The predicted octanol–water partition coefficient (Wildman–Crippen LogP) is 1.82. The van der Waals surface area contributed by atoms with Crippen molar-refractivity contribution in [1.82, 2.24) is 0 Å². The van der Waals surface area contributed by atoms with Crippen LogP contribution in [-0.4, -0.2) is 17.5 Å². The molecule has 0 radical (unpaired) electrons. The summed E-state index contributed by atoms with van der Waals surface area (Å²) < 4.78 is 1.45. The minimum Gasteiger partial charge on any atom is -0.251 e. The van der Waals surface area contributed by atoms with E-state index in [0.717, 1.165) is 16.9 Å². The zero-order chi connectivity index (χ0) is 7.56. The van der Waals surface area contributed by atoms with Crippen molar-refractivity contribution in [3.8, 4) is 0 Å². The fourth-order valence-corrected chi connectivity index (χ4v) is 1.27. The molecule has 1 rings (SSSR count). The minimum absolute atomic E-state index is 0.351. The summed E-state index contributed by atoms with van der Waals surface area (Å²) in [4.78, 5) is 14.9. The molecule has 1 aliphatic heterocycles. The highest BCUT2D eigenvalue weighted by molar-refractivity contribution is 9.11. The highest BCUT2D eigenvalue weighted by atomic mass is 79.9. The van der Waals surface area contributed by atoms with E-state index < -0.39 is 0 Å². The second-order valence-corrected chi connectivity index (χ2v) is 2.71. The molecule has 0 amide bonds. The summed E-state index contributed by atoms with van der Waals surface area (Å²) in [6.45, 7) is 2.32. The second-order valence-electron chi connectivity index (χ2n) is 1.96. The largest absolute Gasteiger partial charge is 0.319 e. The molecule has 1 heterocycles. The maximum atomic E-state index is 10.9. The second kappa shape index (κ2) is 3.05. The average molecular weight is 204 g/mol. The summed E-state index contributed by atoms with van der Waals surface area (Å²) in [6, 6.07) is 0. The number of hydrogen-bond acceptors (Lipinski definition) is 2. The first-order valence-electron chi connectivity index (χ1n) is 3.11. The Kier molecular flexibility index (Phi) is 2.32. The summed E-state index contributed by atoms with van der Waals surface area (Å²) in [6.07, 6.45) is 2.41. The summed E-state index contributed by atoms with van der Waals surface area (Å²) in [5.41, 5.74) is 0.821. The number of rotatable bonds is 1. The highest BCUT2D eigenvalue weighted by Gasteiger charge is 2.21. The summed E-state index contributed by atoms with van der Waals surface area (Å²) in [5, 5.41) is 0. The van der Waals surface area contributed by atoms with E-state index in [2.05, 4.69) is 20.9 Å². The predicted molar refractivity (Wildman–Crippen MR) is 43.2 cm³/mol. The Balaban J connectivity index is 2.93. The standard InChI is InChI=1S/C6H8BrN2O/c1-2-5-6(7)9(10)4-3-8-5/h3H,2,4H2,1H3/q+1. The van der Waals surface area contributed by atoms with E-state index >= 15 is 0 Å². The van der Waals surface area contributed by atoms with Crippen LogP contribution in [0.4, 0.5) is 0 Å². The Morgan fingerprint density at radius 2 is 2.60 bits per heavy atom. The molecular weight excluding hydrogens is 196 g/mol. The molecule has 0 saturated heterocycles. The van der Waals surface area contributed by atoms with Crippen LogP contribution in [0.3, 0.4) is 0 Å². The van der Waals surface area contributed by atoms with E-state index in [0.29, 0.717) is 11.2 Å². The van der Waals surface area contributed by atoms with Crippen molar-refractivity contribution < 1.29 is 4.76 Å². The summed E-state index contributed by atoms with van der Waals surface area (Å²) >= 11 is 3.16. The molecule has 0 fully saturated rings. The topological polar surface area (TPSA) is 32.4 Å². The first-order chi connectivity index (χ1) is 4.75. The molecule has 0 atom stereocenters. The van der Waals surface area contributed by atoms with Crippen molar-refractivity contribution >= 4 is 22.1 Å². The van der Waals surface area contributed by atoms with Crippen molar-refractivity contribution in [2.24, 2.45) is 4.99 Å². The number of allylic oxidation sites excluding steroid dienone is 1. The lowest BCUT2D eigenvalue weighted by Crippen LogP contribution is -2.12. The quantitative estimate of drug-likeness (QED) is 0.473. The Morgan fingerprint density at radius 3 is 3.10 bits per heavy atom. The van der Waals surface area contributed by atoms with Crippen LogP contribution in [0.15, 0.2) is 15.3 Å². The van der Waals surface area contributed by atoms with Gasteiger partial charge in [-0.3, -0.25) is 4.99 Å². The van der Waals surface area contributed by atoms with Crippen LogP contribution in [-0.2, 0) is 0 Å². The van der Waals surface area contributed by atoms with Gasteiger partial charge < -0.3 is 0 Å². The van der Waals surface area contributed by atoms with Gasteiger partial charge in [-0.2, -0.15) is 0 Å². The Labute approximate surface area is 67.5 Å². The molecule has 1 aliphatic rings. The van der Waals surface area contributed by atoms with Gasteiger partial charge in [0.2, 0.25) is 6.54 Å². The summed E-state index contributed by atoms with van der Waals surface area (Å²) in [7, 11) is 0. The Hall–Kier alpha value is -0.510. The minimum atomic E-state index is 0.351. The lowest BCUT2D eigenvalue weighted by atomic mass is 10.3. The first-order valence-corrected chi connectivity index (χ1v) is 3.91. The molecule has 10 heavy (non-hydrogen) atoms. The molecule has 0 saturated carbocycles. The van der Waals surface area contributed by atoms with Crippen LogP contribution in [0.1, 0.15) is 13.3 Å². The third-order valence-electron chi connectivity index (χ3n) is 1.29. The van der Waals surface area contributed by atoms with Crippen molar-refractivity contribution in [2.75, 3.05) is 6.54 Å². The van der Waals surface area contributed by atoms with Crippen molar-refractivity contribution in [2.45, 2.75) is 13.3 Å². The van der Waals surface area contributed by atoms with Gasteiger partial charge >= 0.3 is 4.61 Å². The molecule has 0 spiro atoms. The maximum absolute atomic E-state index is 10.9. The number of aliphatic imine (C=N–C) groups is 1. The SMILES string of the molecule is CCC1=C(Br)[N+](=O)CC=N1. The van der Waals surface area contributed by atoms with Crippen LogP contribution >= 0.6 is 15.9 Å². The fourth-order valence-electron chi connectivity index (χ4n) is 0.740. The van der Waals surface area contributed by atoms with Gasteiger partial charge in [0, 0.05) is 20.8 Å². The lowest BCUT2D eigenvalue weighted by Gasteiger charge is -1.98. The number of nitrogens with zero attached hydrogens (tertiary/aromatic N) is 2. The van der Waals surface area contributed by atoms with Crippen molar-refractivity contribution in [1.29, 1.82) is 0 Å². The van der Waals surface area contributed by atoms with Crippen LogP contribution in [0.25, 0.3) is 0 Å². The Morgan fingerprint density at radius 1 is 1.90 bits per heavy atom. The molecule has 0 aromatic carbocycles. The Bertz CT molecular complexity index is 220. The van der Waals surface area contributed by atoms with E-state index in [9.17, 15) is 4.91 Å². The molecule has 3 nitrogen and oxygen atoms in total. The molecule has 0 aromatic rings. The van der Waals surface area contributed by atoms with E-state index in [1.54, 1.807) is 6.21 Å². The smallest absolute Gasteiger partial charge is 0.251 e. The van der Waals surface area contributed by atoms with Gasteiger partial charge in [0.15, 0.2) is 0 Å². The number of nitroso groups, excluding NO2 is 1. The van der Waals surface area contributed by atoms with Crippen LogP contribution in [0, 0.1) is 4.91 Å². The third kappa shape index (κ3) is 1.31. The zero-order valence-corrected chi connectivity index (χ0v) is 7.26. The summed E-state index contributed by atoms with van der Waals surface area (Å²) in [5.74, 6) is 0. The highest BCUT2D eigenvalue weighted by Crippen LogP contribution is 2.18. The van der Waals surface area contributed by atoms with Gasteiger partial charge in [0.05, 0.1) is 11.0 Å². The van der Waals surface area contributed by atoms with Crippen LogP contribution < -0.4 is 0 Å². The molecule has 0 aromatic heterocycles. The third-order valence-corrected chi connectivity index (χ3v) is 2.14. The molecule has 0 bridgehead atoms. The van der Waals surface area contributed by atoms with Gasteiger partial charge in [-0.1, -0.05) is 6.92 Å². The van der Waals surface area contributed by atoms with Crippen LogP contribution in [0.5, 0.6) is 0 Å². The van der Waals surface area contributed by atoms with Crippen molar-refractivity contribution in [3.63, 3.8) is 0 Å². The maximum Gasteiger partial charge on any atom is 0.319 e. The van der Waals surface area contributed by atoms with Gasteiger partial charge in [-0.25, -0.2) is 0 Å². The number of halogens is 1. The molecule has 54 valence electrons. The van der Waals surface area contributed by atoms with Crippen molar-refractivity contribution in [3.05, 3.63) is 15.2 Å². The average Bonchev–Trinajstić information content (AvgIpc) is 1.95. The normalized spacial score (nSPS) is 18.4. The first kappa shape index (κ1) is 7.60. The molecule has 0 aliphatic carbocycles. The zero-order valence-electron chi connectivity index (χ0n) is 5.67. The van der Waals surface area contributed by atoms with Gasteiger partial charge in [0.25, 0.3) is 0 Å². The molecule has 0 N–H and O–H groups in total. The van der Waals surface area contributed by atoms with Gasteiger partial charge in [0.1, 0.15) is 5.70 Å². The number of hydrogen-bond donors (Lipinski definition) is 0. The lowest BCUT2D eigenvalue weighted by molar-refractivity contribution is -0.469. The molecule has 0 unspecified atom stereocenters. The molecular formula is C6H8BrN2O+. The van der Waals surface area contributed by atoms with E-state index in [4.69, 9.17) is 0 Å².